The molecule has 2 unspecified atom stereocenters. The summed E-state index contributed by atoms with van der Waals surface area (Å²) in [6, 6.07) is 6.34. The van der Waals surface area contributed by atoms with Crippen LogP contribution in [0.25, 0.3) is 0 Å². The zero-order chi connectivity index (χ0) is 25.8. The second-order valence-corrected chi connectivity index (χ2v) is 10.9. The predicted octanol–water partition coefficient (Wildman–Crippen LogP) is 5.11. The van der Waals surface area contributed by atoms with Crippen LogP contribution in [0.1, 0.15) is 79.6 Å². The van der Waals surface area contributed by atoms with E-state index in [-0.39, 0.29) is 25.0 Å². The van der Waals surface area contributed by atoms with E-state index in [9.17, 15) is 14.4 Å². The van der Waals surface area contributed by atoms with E-state index in [1.54, 1.807) is 39.5 Å². The number of esters is 2. The summed E-state index contributed by atoms with van der Waals surface area (Å²) in [6.45, 7) is 9.48. The molecule has 1 heterocycles. The van der Waals surface area contributed by atoms with Crippen molar-refractivity contribution in [2.75, 3.05) is 23.8 Å². The van der Waals surface area contributed by atoms with Crippen molar-refractivity contribution in [3.05, 3.63) is 24.3 Å². The minimum Gasteiger partial charge on any atom is -0.465 e. The summed E-state index contributed by atoms with van der Waals surface area (Å²) >= 11 is 1.54. The van der Waals surface area contributed by atoms with Gasteiger partial charge in [0.15, 0.2) is 0 Å². The monoisotopic (exact) mass is 506 g/mol. The second-order valence-electron chi connectivity index (χ2n) is 9.87. The fourth-order valence-electron chi connectivity index (χ4n) is 4.02. The SMILES string of the molecule is CCCCCCCCC(NC1CSc2ccccc2N(CC(=O)OC(C)(C)C)C1=O)C(=O)OCC. The standard InChI is InChI=1S/C27H42N2O5S/c1-6-8-9-10-11-12-15-20(26(32)33-7-2)28-21-19-35-23-17-14-13-16-22(23)29(25(21)31)18-24(30)34-27(3,4)5/h13-14,16-17,20-21,28H,6-12,15,18-19H2,1-5H3. The molecule has 0 aromatic heterocycles. The highest BCUT2D eigenvalue weighted by Crippen LogP contribution is 2.34. The van der Waals surface area contributed by atoms with Crippen LogP contribution in [0.4, 0.5) is 5.69 Å². The lowest BCUT2D eigenvalue weighted by Crippen LogP contribution is -2.54. The third-order valence-corrected chi connectivity index (χ3v) is 6.81. The molecule has 8 heteroatoms. The lowest BCUT2D eigenvalue weighted by Gasteiger charge is -2.28. The van der Waals surface area contributed by atoms with Crippen LogP contribution in [0.5, 0.6) is 0 Å². The summed E-state index contributed by atoms with van der Waals surface area (Å²) in [4.78, 5) is 41.4. The molecule has 1 N–H and O–H groups in total. The molecule has 0 spiro atoms. The Labute approximate surface area is 214 Å². The summed E-state index contributed by atoms with van der Waals surface area (Å²) < 4.78 is 10.8. The van der Waals surface area contributed by atoms with Crippen LogP contribution in [0.2, 0.25) is 0 Å². The quantitative estimate of drug-likeness (QED) is 0.294. The van der Waals surface area contributed by atoms with Gasteiger partial charge in [0.1, 0.15) is 18.2 Å². The number of thioether (sulfide) groups is 1. The van der Waals surface area contributed by atoms with Crippen molar-refractivity contribution < 1.29 is 23.9 Å². The van der Waals surface area contributed by atoms with Crippen LogP contribution in [-0.4, -0.2) is 54.4 Å². The van der Waals surface area contributed by atoms with Crippen molar-refractivity contribution in [3.8, 4) is 0 Å². The Hall–Kier alpha value is -2.06. The maximum absolute atomic E-state index is 13.7. The molecule has 2 rings (SSSR count). The molecule has 1 aliphatic heterocycles. The molecular formula is C27H42N2O5S. The third kappa shape index (κ3) is 9.84. The van der Waals surface area contributed by atoms with Gasteiger partial charge in [-0.1, -0.05) is 57.6 Å². The molecule has 196 valence electrons. The Morgan fingerprint density at radius 2 is 1.80 bits per heavy atom. The van der Waals surface area contributed by atoms with Gasteiger partial charge in [-0.05, 0) is 46.2 Å². The molecule has 1 aromatic carbocycles. The summed E-state index contributed by atoms with van der Waals surface area (Å²) in [5.41, 5.74) is 0.0330. The molecule has 0 saturated heterocycles. The zero-order valence-electron chi connectivity index (χ0n) is 21.9. The molecule has 0 radical (unpaired) electrons. The summed E-state index contributed by atoms with van der Waals surface area (Å²) in [5, 5.41) is 3.28. The topological polar surface area (TPSA) is 84.9 Å². The van der Waals surface area contributed by atoms with E-state index in [0.29, 0.717) is 17.9 Å². The number of carbonyl (C=O) groups excluding carboxylic acids is 3. The zero-order valence-corrected chi connectivity index (χ0v) is 22.7. The number of amides is 1. The number of anilines is 1. The average Bonchev–Trinajstić information content (AvgIpc) is 2.91. The van der Waals surface area contributed by atoms with Gasteiger partial charge in [0.25, 0.3) is 0 Å². The van der Waals surface area contributed by atoms with Crippen molar-refractivity contribution in [3.63, 3.8) is 0 Å². The number of unbranched alkanes of at least 4 members (excludes halogenated alkanes) is 5. The van der Waals surface area contributed by atoms with E-state index < -0.39 is 23.7 Å². The van der Waals surface area contributed by atoms with E-state index in [1.165, 1.54) is 24.2 Å². The van der Waals surface area contributed by atoms with Crippen LogP contribution in [0, 0.1) is 0 Å². The van der Waals surface area contributed by atoms with E-state index in [1.807, 2.05) is 24.3 Å². The number of nitrogens with zero attached hydrogens (tertiary/aromatic N) is 1. The Balaban J connectivity index is 2.16. The van der Waals surface area contributed by atoms with Gasteiger partial charge in [-0.15, -0.1) is 11.8 Å². The van der Waals surface area contributed by atoms with Crippen molar-refractivity contribution in [1.82, 2.24) is 5.32 Å². The maximum atomic E-state index is 13.7. The number of hydrogen-bond donors (Lipinski definition) is 1. The molecule has 0 aliphatic carbocycles. The number of carbonyl (C=O) groups is 3. The molecule has 1 aliphatic rings. The Morgan fingerprint density at radius 1 is 1.11 bits per heavy atom. The number of fused-ring (bicyclic) bond motifs is 1. The number of rotatable bonds is 13. The Bertz CT molecular complexity index is 839. The highest BCUT2D eigenvalue weighted by Gasteiger charge is 2.35. The van der Waals surface area contributed by atoms with Crippen LogP contribution >= 0.6 is 11.8 Å². The van der Waals surface area contributed by atoms with Gasteiger partial charge in [-0.3, -0.25) is 24.6 Å². The van der Waals surface area contributed by atoms with E-state index in [2.05, 4.69) is 12.2 Å². The van der Waals surface area contributed by atoms with Gasteiger partial charge in [0, 0.05) is 10.6 Å². The van der Waals surface area contributed by atoms with E-state index >= 15 is 0 Å². The van der Waals surface area contributed by atoms with Gasteiger partial charge in [0.05, 0.1) is 18.3 Å². The molecule has 1 amide bonds. The minimum atomic E-state index is -0.649. The number of benzene rings is 1. The molecule has 0 saturated carbocycles. The van der Waals surface area contributed by atoms with Crippen LogP contribution in [0.15, 0.2) is 29.2 Å². The fourth-order valence-corrected chi connectivity index (χ4v) is 5.11. The largest absolute Gasteiger partial charge is 0.465 e. The van der Waals surface area contributed by atoms with Gasteiger partial charge >= 0.3 is 11.9 Å². The first-order chi connectivity index (χ1) is 16.7. The normalized spacial score (nSPS) is 16.9. The number of nitrogens with one attached hydrogen (secondary N) is 1. The van der Waals surface area contributed by atoms with Crippen LogP contribution in [0.3, 0.4) is 0 Å². The highest BCUT2D eigenvalue weighted by atomic mass is 32.2. The maximum Gasteiger partial charge on any atom is 0.326 e. The van der Waals surface area contributed by atoms with Gasteiger partial charge in [0.2, 0.25) is 5.91 Å². The lowest BCUT2D eigenvalue weighted by molar-refractivity contribution is -0.154. The van der Waals surface area contributed by atoms with Gasteiger partial charge < -0.3 is 9.47 Å². The lowest BCUT2D eigenvalue weighted by atomic mass is 10.0. The molecule has 35 heavy (non-hydrogen) atoms. The second kappa shape index (κ2) is 14.5. The summed E-state index contributed by atoms with van der Waals surface area (Å²) in [7, 11) is 0. The first-order valence-corrected chi connectivity index (χ1v) is 13.8. The Morgan fingerprint density at radius 3 is 2.49 bits per heavy atom. The van der Waals surface area contributed by atoms with Crippen molar-refractivity contribution in [1.29, 1.82) is 0 Å². The van der Waals surface area contributed by atoms with E-state index in [0.717, 1.165) is 24.2 Å². The number of ether oxygens (including phenoxy) is 2. The van der Waals surface area contributed by atoms with Crippen LogP contribution < -0.4 is 10.2 Å². The first kappa shape index (κ1) is 29.2. The summed E-state index contributed by atoms with van der Waals surface area (Å²) in [5.74, 6) is -0.599. The molecule has 7 nitrogen and oxygen atoms in total. The molecule has 0 fully saturated rings. The fraction of sp³-hybridized carbons (Fsp3) is 0.667. The minimum absolute atomic E-state index is 0.187. The third-order valence-electron chi connectivity index (χ3n) is 5.65. The van der Waals surface area contributed by atoms with Crippen molar-refractivity contribution in [2.45, 2.75) is 102 Å². The highest BCUT2D eigenvalue weighted by molar-refractivity contribution is 7.99. The number of para-hydroxylation sites is 1. The van der Waals surface area contributed by atoms with Crippen molar-refractivity contribution in [2.24, 2.45) is 0 Å². The van der Waals surface area contributed by atoms with E-state index in [4.69, 9.17) is 9.47 Å². The predicted molar refractivity (Wildman–Crippen MR) is 141 cm³/mol. The molecule has 1 aromatic rings. The molecular weight excluding hydrogens is 464 g/mol. The van der Waals surface area contributed by atoms with Gasteiger partial charge in [-0.2, -0.15) is 0 Å². The van der Waals surface area contributed by atoms with Gasteiger partial charge in [-0.25, -0.2) is 0 Å². The van der Waals surface area contributed by atoms with Crippen LogP contribution in [-0.2, 0) is 23.9 Å². The summed E-state index contributed by atoms with van der Waals surface area (Å²) in [6.07, 6.45) is 7.29. The van der Waals surface area contributed by atoms with Crippen molar-refractivity contribution >= 4 is 35.3 Å². The molecule has 2 atom stereocenters. The average molecular weight is 507 g/mol. The first-order valence-electron chi connectivity index (χ1n) is 12.8. The number of hydrogen-bond acceptors (Lipinski definition) is 7. The smallest absolute Gasteiger partial charge is 0.326 e. The molecule has 0 bridgehead atoms. The Kier molecular flexibility index (Phi) is 12.1.